The van der Waals surface area contributed by atoms with Gasteiger partial charge in [-0.15, -0.1) is 0 Å². The van der Waals surface area contributed by atoms with Crippen LogP contribution >= 0.6 is 0 Å². The van der Waals surface area contributed by atoms with Crippen molar-refractivity contribution < 1.29 is 14.3 Å². The Morgan fingerprint density at radius 1 is 1.15 bits per heavy atom. The van der Waals surface area contributed by atoms with Crippen LogP contribution in [0.5, 0.6) is 5.75 Å². The maximum absolute atomic E-state index is 12.5. The molecule has 144 valence electrons. The summed E-state index contributed by atoms with van der Waals surface area (Å²) in [5, 5.41) is 6.05. The highest BCUT2D eigenvalue weighted by atomic mass is 16.5. The Labute approximate surface area is 160 Å². The molecule has 0 aromatic heterocycles. The molecular weight excluding hydrogens is 342 g/mol. The molecule has 1 atom stereocenters. The first-order valence-corrected chi connectivity index (χ1v) is 9.27. The number of hydrogen-bond donors (Lipinski definition) is 2. The topological polar surface area (TPSA) is 62.8 Å². The molecule has 1 fully saturated rings. The van der Waals surface area contributed by atoms with Crippen molar-refractivity contribution in [1.82, 2.24) is 15.5 Å². The fraction of sp³-hybridized carbons (Fsp3) is 0.381. The van der Waals surface area contributed by atoms with Crippen molar-refractivity contribution in [2.24, 2.45) is 0 Å². The van der Waals surface area contributed by atoms with Crippen molar-refractivity contribution >= 4 is 6.03 Å². The minimum atomic E-state index is -0.181. The van der Waals surface area contributed by atoms with Crippen molar-refractivity contribution in [2.45, 2.75) is 12.6 Å². The second-order valence-corrected chi connectivity index (χ2v) is 6.55. The molecule has 0 radical (unpaired) electrons. The number of carbonyl (C=O) groups excluding carboxylic acids is 1. The van der Waals surface area contributed by atoms with Crippen LogP contribution in [0.15, 0.2) is 54.6 Å². The molecule has 27 heavy (non-hydrogen) atoms. The molecule has 2 amide bonds. The van der Waals surface area contributed by atoms with Gasteiger partial charge in [0, 0.05) is 26.2 Å². The summed E-state index contributed by atoms with van der Waals surface area (Å²) in [5.41, 5.74) is 2.09. The first-order valence-electron chi connectivity index (χ1n) is 9.27. The molecule has 6 nitrogen and oxygen atoms in total. The van der Waals surface area contributed by atoms with Gasteiger partial charge in [-0.25, -0.2) is 4.79 Å². The van der Waals surface area contributed by atoms with E-state index < -0.39 is 0 Å². The number of hydrogen-bond acceptors (Lipinski definition) is 4. The quantitative estimate of drug-likeness (QED) is 0.787. The van der Waals surface area contributed by atoms with Gasteiger partial charge in [-0.3, -0.25) is 4.90 Å². The van der Waals surface area contributed by atoms with Crippen LogP contribution in [0.1, 0.15) is 17.2 Å². The molecule has 0 aliphatic carbocycles. The predicted octanol–water partition coefficient (Wildman–Crippen LogP) is 2.57. The molecule has 6 heteroatoms. The normalized spacial score (nSPS) is 15.7. The lowest BCUT2D eigenvalue weighted by atomic mass is 10.1. The largest absolute Gasteiger partial charge is 0.497 e. The highest BCUT2D eigenvalue weighted by molar-refractivity contribution is 5.74. The highest BCUT2D eigenvalue weighted by Crippen LogP contribution is 2.16. The van der Waals surface area contributed by atoms with Crippen molar-refractivity contribution in [1.29, 1.82) is 0 Å². The van der Waals surface area contributed by atoms with Crippen LogP contribution in [0.4, 0.5) is 4.79 Å². The fourth-order valence-electron chi connectivity index (χ4n) is 3.14. The summed E-state index contributed by atoms with van der Waals surface area (Å²) in [4.78, 5) is 14.8. The Morgan fingerprint density at radius 3 is 2.67 bits per heavy atom. The van der Waals surface area contributed by atoms with Gasteiger partial charge in [-0.1, -0.05) is 42.5 Å². The van der Waals surface area contributed by atoms with E-state index in [4.69, 9.17) is 9.47 Å². The first kappa shape index (κ1) is 19.2. The molecule has 0 spiro atoms. The number of benzene rings is 2. The predicted molar refractivity (Wildman–Crippen MR) is 105 cm³/mol. The smallest absolute Gasteiger partial charge is 0.315 e. The minimum absolute atomic E-state index is 0.0744. The number of nitrogens with one attached hydrogen (secondary N) is 2. The van der Waals surface area contributed by atoms with E-state index in [1.54, 1.807) is 7.11 Å². The molecule has 0 bridgehead atoms. The zero-order chi connectivity index (χ0) is 18.9. The van der Waals surface area contributed by atoms with E-state index in [2.05, 4.69) is 15.5 Å². The minimum Gasteiger partial charge on any atom is -0.497 e. The van der Waals surface area contributed by atoms with Gasteiger partial charge in [0.25, 0.3) is 0 Å². The number of rotatable bonds is 7. The van der Waals surface area contributed by atoms with Gasteiger partial charge in [-0.05, 0) is 23.3 Å². The lowest BCUT2D eigenvalue weighted by Gasteiger charge is -2.31. The summed E-state index contributed by atoms with van der Waals surface area (Å²) < 4.78 is 10.6. The lowest BCUT2D eigenvalue weighted by Crippen LogP contribution is -2.45. The molecule has 1 saturated heterocycles. The molecule has 2 N–H and O–H groups in total. The SMILES string of the molecule is COc1cccc(CNC(=O)NC(CN2CCOCC2)c2ccccc2)c1. The standard InChI is InChI=1S/C21H27N3O3/c1-26-19-9-5-6-17(14-19)15-22-21(25)23-20(18-7-3-2-4-8-18)16-24-10-12-27-13-11-24/h2-9,14,20H,10-13,15-16H2,1H3,(H2,22,23,25). The first-order chi connectivity index (χ1) is 13.2. The summed E-state index contributed by atoms with van der Waals surface area (Å²) in [7, 11) is 1.63. The van der Waals surface area contributed by atoms with Crippen LogP contribution in [0.2, 0.25) is 0 Å². The number of carbonyl (C=O) groups is 1. The summed E-state index contributed by atoms with van der Waals surface area (Å²) in [5.74, 6) is 0.782. The Hall–Kier alpha value is -2.57. The molecule has 1 heterocycles. The van der Waals surface area contributed by atoms with Crippen molar-refractivity contribution in [3.8, 4) is 5.75 Å². The summed E-state index contributed by atoms with van der Waals surface area (Å²) in [6.45, 7) is 4.46. The zero-order valence-electron chi connectivity index (χ0n) is 15.7. The second kappa shape index (κ2) is 9.94. The molecule has 1 unspecified atom stereocenters. The third-order valence-corrected chi connectivity index (χ3v) is 4.64. The van der Waals surface area contributed by atoms with E-state index in [0.29, 0.717) is 6.54 Å². The maximum atomic E-state index is 12.5. The third kappa shape index (κ3) is 5.98. The molecular formula is C21H27N3O3. The third-order valence-electron chi connectivity index (χ3n) is 4.64. The maximum Gasteiger partial charge on any atom is 0.315 e. The molecule has 3 rings (SSSR count). The number of amides is 2. The molecule has 2 aromatic rings. The van der Waals surface area contributed by atoms with Crippen LogP contribution in [-0.2, 0) is 11.3 Å². The highest BCUT2D eigenvalue weighted by Gasteiger charge is 2.20. The van der Waals surface area contributed by atoms with E-state index in [1.807, 2.05) is 54.6 Å². The Morgan fingerprint density at radius 2 is 1.93 bits per heavy atom. The molecule has 0 saturated carbocycles. The van der Waals surface area contributed by atoms with Gasteiger partial charge < -0.3 is 20.1 Å². The molecule has 1 aliphatic heterocycles. The van der Waals surface area contributed by atoms with Crippen molar-refractivity contribution in [2.75, 3.05) is 40.0 Å². The van der Waals surface area contributed by atoms with E-state index in [0.717, 1.165) is 49.7 Å². The van der Waals surface area contributed by atoms with Crippen LogP contribution in [-0.4, -0.2) is 50.9 Å². The summed E-state index contributed by atoms with van der Waals surface area (Å²) >= 11 is 0. The molecule has 2 aromatic carbocycles. The second-order valence-electron chi connectivity index (χ2n) is 6.55. The Balaban J connectivity index is 1.59. The zero-order valence-corrected chi connectivity index (χ0v) is 15.7. The van der Waals surface area contributed by atoms with Crippen LogP contribution < -0.4 is 15.4 Å². The van der Waals surface area contributed by atoms with Crippen molar-refractivity contribution in [3.63, 3.8) is 0 Å². The average molecular weight is 369 g/mol. The molecule has 1 aliphatic rings. The van der Waals surface area contributed by atoms with Crippen LogP contribution in [0.25, 0.3) is 0 Å². The van der Waals surface area contributed by atoms with Crippen molar-refractivity contribution in [3.05, 3.63) is 65.7 Å². The fourth-order valence-corrected chi connectivity index (χ4v) is 3.14. The number of morpholine rings is 1. The van der Waals surface area contributed by atoms with Gasteiger partial charge in [0.2, 0.25) is 0 Å². The monoisotopic (exact) mass is 369 g/mol. The Bertz CT molecular complexity index is 718. The number of nitrogens with zero attached hydrogens (tertiary/aromatic N) is 1. The van der Waals surface area contributed by atoms with Gasteiger partial charge in [0.05, 0.1) is 26.4 Å². The van der Waals surface area contributed by atoms with Crippen LogP contribution in [0.3, 0.4) is 0 Å². The van der Waals surface area contributed by atoms with E-state index in [9.17, 15) is 4.79 Å². The van der Waals surface area contributed by atoms with Gasteiger partial charge in [0.15, 0.2) is 0 Å². The average Bonchev–Trinajstić information content (AvgIpc) is 2.73. The summed E-state index contributed by atoms with van der Waals surface area (Å²) in [6.07, 6.45) is 0. The van der Waals surface area contributed by atoms with Gasteiger partial charge in [-0.2, -0.15) is 0 Å². The lowest BCUT2D eigenvalue weighted by molar-refractivity contribution is 0.0340. The summed E-state index contributed by atoms with van der Waals surface area (Å²) in [6, 6.07) is 17.5. The Kier molecular flexibility index (Phi) is 7.07. The number of ether oxygens (including phenoxy) is 2. The van der Waals surface area contributed by atoms with E-state index in [-0.39, 0.29) is 12.1 Å². The van der Waals surface area contributed by atoms with Crippen LogP contribution in [0, 0.1) is 0 Å². The number of methoxy groups -OCH3 is 1. The van der Waals surface area contributed by atoms with E-state index >= 15 is 0 Å². The number of urea groups is 1. The van der Waals surface area contributed by atoms with E-state index in [1.165, 1.54) is 0 Å². The van der Waals surface area contributed by atoms with Gasteiger partial charge >= 0.3 is 6.03 Å². The van der Waals surface area contributed by atoms with Gasteiger partial charge in [0.1, 0.15) is 5.75 Å².